The lowest BCUT2D eigenvalue weighted by Gasteiger charge is -2.25. The lowest BCUT2D eigenvalue weighted by molar-refractivity contribution is 0.0398. The number of rotatable bonds is 8. The number of nitrogens with zero attached hydrogens (tertiary/aromatic N) is 2. The smallest absolute Gasteiger partial charge is 0.190 e. The molecule has 1 heterocycles. The number of fused-ring (bicyclic) bond motifs is 1. The third-order valence-electron chi connectivity index (χ3n) is 4.77. The van der Waals surface area contributed by atoms with Gasteiger partial charge in [0.1, 0.15) is 0 Å². The van der Waals surface area contributed by atoms with Crippen molar-refractivity contribution in [2.75, 3.05) is 26.7 Å². The molecule has 0 bridgehead atoms. The first-order valence-electron chi connectivity index (χ1n) is 9.81. The van der Waals surface area contributed by atoms with Crippen molar-refractivity contribution in [2.24, 2.45) is 4.99 Å². The minimum absolute atomic E-state index is 0.258. The SMILES string of the molecule is CN=C(NCCCOC1CCCc2ccccc21)NCCc1ncc(C)s1. The minimum atomic E-state index is 0.258. The van der Waals surface area contributed by atoms with Gasteiger partial charge in [-0.1, -0.05) is 24.3 Å². The lowest BCUT2D eigenvalue weighted by atomic mass is 9.89. The van der Waals surface area contributed by atoms with Crippen molar-refractivity contribution in [1.82, 2.24) is 15.6 Å². The number of guanidine groups is 1. The molecule has 27 heavy (non-hydrogen) atoms. The topological polar surface area (TPSA) is 58.5 Å². The van der Waals surface area contributed by atoms with Gasteiger partial charge >= 0.3 is 0 Å². The minimum Gasteiger partial charge on any atom is -0.373 e. The highest BCUT2D eigenvalue weighted by atomic mass is 32.1. The predicted molar refractivity (Wildman–Crippen MR) is 113 cm³/mol. The van der Waals surface area contributed by atoms with Gasteiger partial charge in [0.2, 0.25) is 0 Å². The molecule has 1 unspecified atom stereocenters. The standard InChI is InChI=1S/C21H30N4OS/c1-16-15-25-20(27-16)11-13-24-21(22-2)23-12-6-14-26-19-10-5-8-17-7-3-4-9-18(17)19/h3-4,7,9,15,19H,5-6,8,10-14H2,1-2H3,(H2,22,23,24). The molecule has 0 saturated carbocycles. The second-order valence-electron chi connectivity index (χ2n) is 6.84. The Kier molecular flexibility index (Phi) is 7.66. The van der Waals surface area contributed by atoms with Gasteiger partial charge in [-0.2, -0.15) is 0 Å². The van der Waals surface area contributed by atoms with E-state index in [1.807, 2.05) is 6.20 Å². The van der Waals surface area contributed by atoms with Crippen molar-refractivity contribution in [3.8, 4) is 0 Å². The zero-order valence-electron chi connectivity index (χ0n) is 16.3. The van der Waals surface area contributed by atoms with E-state index in [4.69, 9.17) is 4.74 Å². The van der Waals surface area contributed by atoms with Gasteiger partial charge in [0.15, 0.2) is 5.96 Å². The van der Waals surface area contributed by atoms with E-state index in [9.17, 15) is 0 Å². The van der Waals surface area contributed by atoms with Crippen molar-refractivity contribution in [2.45, 2.75) is 45.1 Å². The number of hydrogen-bond donors (Lipinski definition) is 2. The van der Waals surface area contributed by atoms with Crippen LogP contribution in [0.2, 0.25) is 0 Å². The third kappa shape index (κ3) is 6.04. The van der Waals surface area contributed by atoms with Crippen molar-refractivity contribution < 1.29 is 4.74 Å². The number of benzene rings is 1. The van der Waals surface area contributed by atoms with Gasteiger partial charge in [-0.3, -0.25) is 4.99 Å². The molecular weight excluding hydrogens is 356 g/mol. The van der Waals surface area contributed by atoms with E-state index < -0.39 is 0 Å². The van der Waals surface area contributed by atoms with Gasteiger partial charge in [0, 0.05) is 44.2 Å². The summed E-state index contributed by atoms with van der Waals surface area (Å²) in [7, 11) is 1.80. The van der Waals surface area contributed by atoms with Crippen molar-refractivity contribution in [3.63, 3.8) is 0 Å². The molecule has 0 fully saturated rings. The molecule has 0 aliphatic heterocycles. The predicted octanol–water partition coefficient (Wildman–Crippen LogP) is 3.64. The van der Waals surface area contributed by atoms with Gasteiger partial charge in [-0.05, 0) is 43.7 Å². The van der Waals surface area contributed by atoms with E-state index in [2.05, 4.69) is 51.8 Å². The van der Waals surface area contributed by atoms with Gasteiger partial charge in [0.25, 0.3) is 0 Å². The Bertz CT molecular complexity index is 743. The lowest BCUT2D eigenvalue weighted by Crippen LogP contribution is -2.39. The normalized spacial score (nSPS) is 16.8. The number of aliphatic imine (C=N–C) groups is 1. The van der Waals surface area contributed by atoms with Crippen molar-refractivity contribution >= 4 is 17.3 Å². The average molecular weight is 387 g/mol. The molecular formula is C21H30N4OS. The second kappa shape index (κ2) is 10.4. The van der Waals surface area contributed by atoms with Crippen LogP contribution in [0, 0.1) is 6.92 Å². The first kappa shape index (κ1) is 19.8. The molecule has 0 radical (unpaired) electrons. The van der Waals surface area contributed by atoms with Crippen LogP contribution in [0.3, 0.4) is 0 Å². The van der Waals surface area contributed by atoms with E-state index in [1.165, 1.54) is 28.8 Å². The zero-order valence-corrected chi connectivity index (χ0v) is 17.1. The highest BCUT2D eigenvalue weighted by molar-refractivity contribution is 7.11. The van der Waals surface area contributed by atoms with Gasteiger partial charge < -0.3 is 15.4 Å². The number of aromatic nitrogens is 1. The molecule has 6 heteroatoms. The Balaban J connectivity index is 1.31. The quantitative estimate of drug-likeness (QED) is 0.413. The van der Waals surface area contributed by atoms with E-state index in [-0.39, 0.29) is 6.10 Å². The Morgan fingerprint density at radius 3 is 2.96 bits per heavy atom. The summed E-state index contributed by atoms with van der Waals surface area (Å²) in [5.74, 6) is 0.839. The average Bonchev–Trinajstić information content (AvgIpc) is 3.11. The molecule has 1 aromatic heterocycles. The summed E-state index contributed by atoms with van der Waals surface area (Å²) in [6.07, 6.45) is 7.60. The fourth-order valence-corrected chi connectivity index (χ4v) is 4.20. The molecule has 2 N–H and O–H groups in total. The van der Waals surface area contributed by atoms with E-state index in [0.717, 1.165) is 49.9 Å². The summed E-state index contributed by atoms with van der Waals surface area (Å²) in [5.41, 5.74) is 2.83. The highest BCUT2D eigenvalue weighted by Gasteiger charge is 2.19. The van der Waals surface area contributed by atoms with Gasteiger partial charge in [0.05, 0.1) is 11.1 Å². The van der Waals surface area contributed by atoms with Crippen LogP contribution in [0.4, 0.5) is 0 Å². The number of hydrogen-bond acceptors (Lipinski definition) is 4. The monoisotopic (exact) mass is 386 g/mol. The van der Waals surface area contributed by atoms with E-state index in [1.54, 1.807) is 18.4 Å². The Labute approximate surface area is 166 Å². The van der Waals surface area contributed by atoms with Crippen LogP contribution in [-0.2, 0) is 17.6 Å². The molecule has 0 amide bonds. The number of nitrogens with one attached hydrogen (secondary N) is 2. The third-order valence-corrected chi connectivity index (χ3v) is 5.74. The first-order valence-corrected chi connectivity index (χ1v) is 10.6. The number of thiazole rings is 1. The molecule has 0 saturated heterocycles. The summed E-state index contributed by atoms with van der Waals surface area (Å²) in [4.78, 5) is 9.92. The maximum atomic E-state index is 6.16. The molecule has 1 aliphatic carbocycles. The summed E-state index contributed by atoms with van der Waals surface area (Å²) in [6.45, 7) is 4.54. The molecule has 5 nitrogen and oxygen atoms in total. The summed E-state index contributed by atoms with van der Waals surface area (Å²) in [5, 5.41) is 7.87. The molecule has 1 atom stereocenters. The maximum Gasteiger partial charge on any atom is 0.190 e. The van der Waals surface area contributed by atoms with Crippen LogP contribution in [0.15, 0.2) is 35.5 Å². The van der Waals surface area contributed by atoms with E-state index in [0.29, 0.717) is 0 Å². The fourth-order valence-electron chi connectivity index (χ4n) is 3.41. The van der Waals surface area contributed by atoms with Gasteiger partial charge in [-0.25, -0.2) is 4.98 Å². The molecule has 0 spiro atoms. The van der Waals surface area contributed by atoms with Crippen LogP contribution in [0.1, 0.15) is 46.4 Å². The van der Waals surface area contributed by atoms with Crippen LogP contribution >= 0.6 is 11.3 Å². The van der Waals surface area contributed by atoms with Crippen LogP contribution in [0.5, 0.6) is 0 Å². The summed E-state index contributed by atoms with van der Waals surface area (Å²) in [6, 6.07) is 8.69. The molecule has 1 aliphatic rings. The van der Waals surface area contributed by atoms with Crippen molar-refractivity contribution in [1.29, 1.82) is 0 Å². The zero-order chi connectivity index (χ0) is 18.9. The Hall–Kier alpha value is -1.92. The van der Waals surface area contributed by atoms with Crippen LogP contribution in [0.25, 0.3) is 0 Å². The maximum absolute atomic E-state index is 6.16. The molecule has 1 aromatic carbocycles. The Morgan fingerprint density at radius 2 is 2.15 bits per heavy atom. The highest BCUT2D eigenvalue weighted by Crippen LogP contribution is 2.32. The first-order chi connectivity index (χ1) is 13.3. The fraction of sp³-hybridized carbons (Fsp3) is 0.524. The summed E-state index contributed by atoms with van der Waals surface area (Å²) < 4.78 is 6.16. The second-order valence-corrected chi connectivity index (χ2v) is 8.16. The molecule has 3 rings (SSSR count). The molecule has 2 aromatic rings. The molecule has 146 valence electrons. The van der Waals surface area contributed by atoms with Crippen LogP contribution < -0.4 is 10.6 Å². The number of ether oxygens (including phenoxy) is 1. The van der Waals surface area contributed by atoms with Crippen LogP contribution in [-0.4, -0.2) is 37.7 Å². The van der Waals surface area contributed by atoms with Gasteiger partial charge in [-0.15, -0.1) is 11.3 Å². The van der Waals surface area contributed by atoms with E-state index >= 15 is 0 Å². The van der Waals surface area contributed by atoms with Crippen molar-refractivity contribution in [3.05, 3.63) is 51.5 Å². The Morgan fingerprint density at radius 1 is 1.30 bits per heavy atom. The number of aryl methyl sites for hydroxylation is 2. The largest absolute Gasteiger partial charge is 0.373 e. The summed E-state index contributed by atoms with van der Waals surface area (Å²) >= 11 is 1.75.